The van der Waals surface area contributed by atoms with Gasteiger partial charge in [0.05, 0.1) is 0 Å². The van der Waals surface area contributed by atoms with Crippen molar-refractivity contribution in [2.24, 2.45) is 0 Å². The van der Waals surface area contributed by atoms with Crippen molar-refractivity contribution in [3.8, 4) is 0 Å². The van der Waals surface area contributed by atoms with Crippen LogP contribution in [-0.2, 0) is 4.18 Å². The van der Waals surface area contributed by atoms with Gasteiger partial charge in [0.25, 0.3) is 0 Å². The van der Waals surface area contributed by atoms with Crippen LogP contribution in [-0.4, -0.2) is 18.8 Å². The molecule has 1 aromatic rings. The molecule has 0 aliphatic carbocycles. The molecule has 72 valence electrons. The van der Waals surface area contributed by atoms with Gasteiger partial charge in [-0.1, -0.05) is 36.9 Å². The van der Waals surface area contributed by atoms with E-state index in [1.54, 1.807) is 0 Å². The van der Waals surface area contributed by atoms with Gasteiger partial charge in [-0.3, -0.25) is 0 Å². The van der Waals surface area contributed by atoms with Crippen LogP contribution in [0.15, 0.2) is 36.9 Å². The van der Waals surface area contributed by atoms with Crippen LogP contribution in [0.2, 0.25) is 0 Å². The van der Waals surface area contributed by atoms with Crippen LogP contribution >= 0.6 is 10.3 Å². The van der Waals surface area contributed by atoms with E-state index in [9.17, 15) is 0 Å². The lowest BCUT2D eigenvalue weighted by atomic mass is 10.2. The van der Waals surface area contributed by atoms with Crippen LogP contribution < -0.4 is 0 Å². The van der Waals surface area contributed by atoms with Crippen molar-refractivity contribution in [3.63, 3.8) is 0 Å². The average molecular weight is 196 g/mol. The third-order valence-corrected chi connectivity index (χ3v) is 2.15. The van der Waals surface area contributed by atoms with Crippen LogP contribution in [0.4, 0.5) is 0 Å². The number of benzene rings is 1. The molecule has 1 rings (SSSR count). The quantitative estimate of drug-likeness (QED) is 0.674. The SMILES string of the molecule is C=C(OS(C)(C)C)c1ccccc1. The van der Waals surface area contributed by atoms with E-state index >= 15 is 0 Å². The fraction of sp³-hybridized carbons (Fsp3) is 0.273. The average Bonchev–Trinajstić information content (AvgIpc) is 2.03. The summed E-state index contributed by atoms with van der Waals surface area (Å²) in [5.41, 5.74) is 1.06. The topological polar surface area (TPSA) is 9.23 Å². The smallest absolute Gasteiger partial charge is 0.134 e. The van der Waals surface area contributed by atoms with E-state index in [1.807, 2.05) is 30.3 Å². The standard InChI is InChI=1S/C11H16OS/c1-10(12-13(2,3)4)11-8-6-5-7-9-11/h5-9H,1H2,2-4H3. The minimum Gasteiger partial charge on any atom is -0.450 e. The van der Waals surface area contributed by atoms with E-state index in [2.05, 4.69) is 25.3 Å². The molecule has 0 aliphatic heterocycles. The normalized spacial score (nSPS) is 12.2. The van der Waals surface area contributed by atoms with Crippen molar-refractivity contribution in [1.82, 2.24) is 0 Å². The maximum Gasteiger partial charge on any atom is 0.134 e. The molecule has 1 aromatic carbocycles. The third-order valence-electron chi connectivity index (χ3n) is 1.45. The van der Waals surface area contributed by atoms with Crippen molar-refractivity contribution < 1.29 is 4.18 Å². The molecular weight excluding hydrogens is 180 g/mol. The minimum absolute atomic E-state index is 0.767. The van der Waals surface area contributed by atoms with Crippen LogP contribution in [0, 0.1) is 0 Å². The Morgan fingerprint density at radius 2 is 1.69 bits per heavy atom. The molecule has 0 saturated carbocycles. The molecule has 0 aliphatic rings. The zero-order valence-corrected chi connectivity index (χ0v) is 9.23. The van der Waals surface area contributed by atoms with E-state index in [4.69, 9.17) is 4.18 Å². The Kier molecular flexibility index (Phi) is 3.04. The van der Waals surface area contributed by atoms with Crippen molar-refractivity contribution in [2.75, 3.05) is 18.8 Å². The zero-order valence-electron chi connectivity index (χ0n) is 8.41. The van der Waals surface area contributed by atoms with Crippen LogP contribution in [0.1, 0.15) is 5.56 Å². The Hall–Kier alpha value is -0.890. The van der Waals surface area contributed by atoms with E-state index in [-0.39, 0.29) is 0 Å². The molecule has 0 fully saturated rings. The fourth-order valence-corrected chi connectivity index (χ4v) is 1.67. The summed E-state index contributed by atoms with van der Waals surface area (Å²) in [4.78, 5) is 0. The van der Waals surface area contributed by atoms with Gasteiger partial charge in [0, 0.05) is 5.56 Å². The first kappa shape index (κ1) is 10.2. The molecule has 0 heterocycles. The highest BCUT2D eigenvalue weighted by atomic mass is 32.3. The molecule has 0 aromatic heterocycles. The maximum absolute atomic E-state index is 5.71. The monoisotopic (exact) mass is 196 g/mol. The molecular formula is C11H16OS. The maximum atomic E-state index is 5.71. The predicted octanol–water partition coefficient (Wildman–Crippen LogP) is 3.28. The highest BCUT2D eigenvalue weighted by Crippen LogP contribution is 2.40. The molecule has 0 bridgehead atoms. The van der Waals surface area contributed by atoms with Gasteiger partial charge < -0.3 is 4.18 Å². The first-order valence-corrected chi connectivity index (χ1v) is 6.89. The molecule has 0 atom stereocenters. The summed E-state index contributed by atoms with van der Waals surface area (Å²) >= 11 is 0. The summed E-state index contributed by atoms with van der Waals surface area (Å²) in [6.07, 6.45) is 6.30. The highest BCUT2D eigenvalue weighted by molar-refractivity contribution is 8.28. The van der Waals surface area contributed by atoms with Crippen LogP contribution in [0.25, 0.3) is 5.76 Å². The van der Waals surface area contributed by atoms with Crippen molar-refractivity contribution in [2.45, 2.75) is 0 Å². The predicted molar refractivity (Wildman–Crippen MR) is 61.9 cm³/mol. The van der Waals surface area contributed by atoms with E-state index in [1.165, 1.54) is 0 Å². The molecule has 13 heavy (non-hydrogen) atoms. The fourth-order valence-electron chi connectivity index (χ4n) is 0.974. The van der Waals surface area contributed by atoms with Crippen molar-refractivity contribution >= 4 is 16.1 Å². The number of rotatable bonds is 3. The molecule has 0 radical (unpaired) electrons. The lowest BCUT2D eigenvalue weighted by molar-refractivity contribution is 0.588. The van der Waals surface area contributed by atoms with Gasteiger partial charge in [0.2, 0.25) is 0 Å². The molecule has 0 N–H and O–H groups in total. The third kappa shape index (κ3) is 3.55. The summed E-state index contributed by atoms with van der Waals surface area (Å²) in [6, 6.07) is 9.98. The van der Waals surface area contributed by atoms with Crippen molar-refractivity contribution in [1.29, 1.82) is 0 Å². The Bertz CT molecular complexity index is 285. The van der Waals surface area contributed by atoms with E-state index in [0.29, 0.717) is 0 Å². The van der Waals surface area contributed by atoms with E-state index < -0.39 is 10.3 Å². The first-order valence-electron chi connectivity index (χ1n) is 4.11. The zero-order chi connectivity index (χ0) is 9.90. The second-order valence-electron chi connectivity index (χ2n) is 3.60. The van der Waals surface area contributed by atoms with Gasteiger partial charge in [-0.15, -0.1) is 10.3 Å². The van der Waals surface area contributed by atoms with Gasteiger partial charge in [-0.2, -0.15) is 0 Å². The highest BCUT2D eigenvalue weighted by Gasteiger charge is 2.07. The summed E-state index contributed by atoms with van der Waals surface area (Å²) in [6.45, 7) is 3.91. The van der Waals surface area contributed by atoms with E-state index in [0.717, 1.165) is 11.3 Å². The first-order chi connectivity index (χ1) is 5.99. The second-order valence-corrected chi connectivity index (χ2v) is 7.21. The summed E-state index contributed by atoms with van der Waals surface area (Å²) in [7, 11) is -0.971. The van der Waals surface area contributed by atoms with Gasteiger partial charge in [0.1, 0.15) is 5.76 Å². The minimum atomic E-state index is -0.971. The van der Waals surface area contributed by atoms with Gasteiger partial charge >= 0.3 is 0 Å². The molecule has 0 spiro atoms. The lowest BCUT2D eigenvalue weighted by Crippen LogP contribution is -1.97. The Balaban J connectivity index is 2.71. The van der Waals surface area contributed by atoms with Gasteiger partial charge in [-0.25, -0.2) is 0 Å². The summed E-state index contributed by atoms with van der Waals surface area (Å²) in [5.74, 6) is 0.767. The lowest BCUT2D eigenvalue weighted by Gasteiger charge is -2.27. The van der Waals surface area contributed by atoms with Crippen LogP contribution in [0.3, 0.4) is 0 Å². The van der Waals surface area contributed by atoms with Crippen LogP contribution in [0.5, 0.6) is 0 Å². The largest absolute Gasteiger partial charge is 0.450 e. The molecule has 0 unspecified atom stereocenters. The second kappa shape index (κ2) is 3.88. The Labute approximate surface area is 81.9 Å². The Morgan fingerprint density at radius 3 is 2.15 bits per heavy atom. The molecule has 0 saturated heterocycles. The Morgan fingerprint density at radius 1 is 1.15 bits per heavy atom. The van der Waals surface area contributed by atoms with Gasteiger partial charge in [-0.05, 0) is 18.8 Å². The summed E-state index contributed by atoms with van der Waals surface area (Å²) < 4.78 is 5.71. The molecule has 0 amide bonds. The number of hydrogen-bond donors (Lipinski definition) is 0. The molecule has 2 heteroatoms. The number of hydrogen-bond acceptors (Lipinski definition) is 1. The molecule has 1 nitrogen and oxygen atoms in total. The van der Waals surface area contributed by atoms with Crippen molar-refractivity contribution in [3.05, 3.63) is 42.5 Å². The van der Waals surface area contributed by atoms with Gasteiger partial charge in [0.15, 0.2) is 0 Å². The summed E-state index contributed by atoms with van der Waals surface area (Å²) in [5, 5.41) is 0.